The summed E-state index contributed by atoms with van der Waals surface area (Å²) in [5.74, 6) is 0.575. The van der Waals surface area contributed by atoms with Crippen LogP contribution in [0.5, 0.6) is 5.75 Å². The van der Waals surface area contributed by atoms with E-state index in [4.69, 9.17) is 0 Å². The van der Waals surface area contributed by atoms with Crippen molar-refractivity contribution in [1.82, 2.24) is 14.7 Å². The van der Waals surface area contributed by atoms with Crippen molar-refractivity contribution in [3.63, 3.8) is 0 Å². The lowest BCUT2D eigenvalue weighted by atomic mass is 9.91. The first kappa shape index (κ1) is 23.3. The van der Waals surface area contributed by atoms with E-state index in [-0.39, 0.29) is 11.7 Å². The Balaban J connectivity index is 1.06. The van der Waals surface area contributed by atoms with E-state index in [1.165, 1.54) is 41.5 Å². The van der Waals surface area contributed by atoms with Crippen LogP contribution < -0.4 is 0 Å². The van der Waals surface area contributed by atoms with Crippen molar-refractivity contribution in [3.05, 3.63) is 77.9 Å². The van der Waals surface area contributed by atoms with Crippen molar-refractivity contribution >= 4 is 5.91 Å². The van der Waals surface area contributed by atoms with Crippen LogP contribution in [0.2, 0.25) is 0 Å². The van der Waals surface area contributed by atoms with Crippen LogP contribution in [0.1, 0.15) is 30.4 Å². The third-order valence-corrected chi connectivity index (χ3v) is 8.33. The van der Waals surface area contributed by atoms with E-state index in [1.807, 2.05) is 12.1 Å². The van der Waals surface area contributed by atoms with Crippen molar-refractivity contribution in [2.24, 2.45) is 0 Å². The molecule has 5 nitrogen and oxygen atoms in total. The fraction of sp³-hybridized carbons (Fsp3) is 0.387. The molecule has 1 amide bonds. The fourth-order valence-corrected chi connectivity index (χ4v) is 5.81. The zero-order chi connectivity index (χ0) is 24.5. The molecule has 0 spiro atoms. The summed E-state index contributed by atoms with van der Waals surface area (Å²) in [6.07, 6.45) is 5.04. The maximum atomic E-state index is 13.0. The highest BCUT2D eigenvalue weighted by Gasteiger charge is 2.30. The first-order valence-electron chi connectivity index (χ1n) is 13.4. The van der Waals surface area contributed by atoms with Crippen molar-refractivity contribution < 1.29 is 9.90 Å². The minimum absolute atomic E-state index is 0.286. The normalized spacial score (nSPS) is 19.1. The Morgan fingerprint density at radius 2 is 1.36 bits per heavy atom. The molecule has 0 unspecified atom stereocenters. The highest BCUT2D eigenvalue weighted by molar-refractivity contribution is 5.78. The van der Waals surface area contributed by atoms with E-state index in [1.54, 1.807) is 12.1 Å². The predicted octanol–water partition coefficient (Wildman–Crippen LogP) is 4.78. The van der Waals surface area contributed by atoms with Gasteiger partial charge < -0.3 is 10.0 Å². The third-order valence-electron chi connectivity index (χ3n) is 8.33. The molecule has 3 aromatic carbocycles. The SMILES string of the molecule is O=C(CN1CCc2cc(-c3ccc(-c4ccc(O)cc4)cc3)ccc2C1)N1CCN(C2CCC2)CC1. The molecule has 186 valence electrons. The average molecular weight is 482 g/mol. The van der Waals surface area contributed by atoms with Crippen molar-refractivity contribution in [3.8, 4) is 28.0 Å². The number of phenols is 1. The summed E-state index contributed by atoms with van der Waals surface area (Å²) in [6.45, 7) is 6.16. The molecule has 0 radical (unpaired) electrons. The molecule has 3 aliphatic rings. The molecule has 1 saturated carbocycles. The molecule has 1 saturated heterocycles. The van der Waals surface area contributed by atoms with Crippen LogP contribution in [0.15, 0.2) is 66.7 Å². The first-order chi connectivity index (χ1) is 17.6. The predicted molar refractivity (Wildman–Crippen MR) is 144 cm³/mol. The molecule has 0 aromatic heterocycles. The van der Waals surface area contributed by atoms with E-state index < -0.39 is 0 Å². The zero-order valence-corrected chi connectivity index (χ0v) is 20.9. The van der Waals surface area contributed by atoms with Gasteiger partial charge in [-0.2, -0.15) is 0 Å². The summed E-state index contributed by atoms with van der Waals surface area (Å²) in [5, 5.41) is 9.52. The van der Waals surface area contributed by atoms with E-state index >= 15 is 0 Å². The number of rotatable bonds is 5. The summed E-state index contributed by atoms with van der Waals surface area (Å²) in [4.78, 5) is 20.0. The number of amides is 1. The summed E-state index contributed by atoms with van der Waals surface area (Å²) in [6, 6.07) is 23.5. The van der Waals surface area contributed by atoms with Crippen LogP contribution in [-0.4, -0.2) is 71.0 Å². The van der Waals surface area contributed by atoms with E-state index in [0.29, 0.717) is 6.54 Å². The molecule has 0 bridgehead atoms. The number of aromatic hydroxyl groups is 1. The summed E-state index contributed by atoms with van der Waals surface area (Å²) in [5.41, 5.74) is 7.42. The lowest BCUT2D eigenvalue weighted by molar-refractivity contribution is -0.135. The van der Waals surface area contributed by atoms with Gasteiger partial charge >= 0.3 is 0 Å². The maximum Gasteiger partial charge on any atom is 0.236 e. The van der Waals surface area contributed by atoms with Crippen molar-refractivity contribution in [2.75, 3.05) is 39.3 Å². The fourth-order valence-electron chi connectivity index (χ4n) is 5.81. The van der Waals surface area contributed by atoms with Crippen LogP contribution >= 0.6 is 0 Å². The topological polar surface area (TPSA) is 47.0 Å². The van der Waals surface area contributed by atoms with Gasteiger partial charge in [0.2, 0.25) is 5.91 Å². The third kappa shape index (κ3) is 4.91. The van der Waals surface area contributed by atoms with Gasteiger partial charge in [0.15, 0.2) is 0 Å². The van der Waals surface area contributed by atoms with Gasteiger partial charge in [0, 0.05) is 45.3 Å². The number of carbonyl (C=O) groups is 1. The molecule has 2 heterocycles. The zero-order valence-electron chi connectivity index (χ0n) is 20.9. The van der Waals surface area contributed by atoms with Gasteiger partial charge in [-0.05, 0) is 64.8 Å². The van der Waals surface area contributed by atoms with Crippen LogP contribution in [-0.2, 0) is 17.8 Å². The van der Waals surface area contributed by atoms with Crippen LogP contribution in [0.4, 0.5) is 0 Å². The molecule has 0 atom stereocenters. The largest absolute Gasteiger partial charge is 0.508 e. The van der Waals surface area contributed by atoms with Gasteiger partial charge in [-0.3, -0.25) is 14.6 Å². The van der Waals surface area contributed by atoms with Gasteiger partial charge in [0.1, 0.15) is 5.75 Å². The summed E-state index contributed by atoms with van der Waals surface area (Å²) < 4.78 is 0. The average Bonchev–Trinajstić information content (AvgIpc) is 2.88. The molecule has 5 heteroatoms. The number of piperazine rings is 1. The number of nitrogens with zero attached hydrogens (tertiary/aromatic N) is 3. The Kier molecular flexibility index (Phi) is 6.51. The Morgan fingerprint density at radius 3 is 2.00 bits per heavy atom. The number of phenolic OH excluding ortho intramolecular Hbond substituents is 1. The van der Waals surface area contributed by atoms with Crippen molar-refractivity contribution in [1.29, 1.82) is 0 Å². The van der Waals surface area contributed by atoms with E-state index in [9.17, 15) is 9.90 Å². The maximum absolute atomic E-state index is 13.0. The molecular formula is C31H35N3O2. The Morgan fingerprint density at radius 1 is 0.750 bits per heavy atom. The van der Waals surface area contributed by atoms with Crippen LogP contribution in [0.3, 0.4) is 0 Å². The Bertz CT molecular complexity index is 1210. The van der Waals surface area contributed by atoms with Crippen LogP contribution in [0, 0.1) is 0 Å². The molecule has 2 fully saturated rings. The standard InChI is InChI=1S/C31H35N3O2/c35-30-12-10-24(11-13-30)23-4-6-25(7-5-23)26-8-9-28-21-32(15-14-27(28)20-26)22-31(36)34-18-16-33(17-19-34)29-2-1-3-29/h4-13,20,29,35H,1-3,14-19,21-22H2. The van der Waals surface area contributed by atoms with E-state index in [0.717, 1.165) is 62.9 Å². The highest BCUT2D eigenvalue weighted by Crippen LogP contribution is 2.29. The quantitative estimate of drug-likeness (QED) is 0.570. The van der Waals surface area contributed by atoms with Gasteiger partial charge in [0.25, 0.3) is 0 Å². The smallest absolute Gasteiger partial charge is 0.236 e. The molecule has 36 heavy (non-hydrogen) atoms. The van der Waals surface area contributed by atoms with Gasteiger partial charge in [-0.25, -0.2) is 0 Å². The second kappa shape index (κ2) is 10.1. The van der Waals surface area contributed by atoms with Crippen molar-refractivity contribution in [2.45, 2.75) is 38.3 Å². The second-order valence-corrected chi connectivity index (χ2v) is 10.6. The number of carbonyl (C=O) groups excluding carboxylic acids is 1. The number of fused-ring (bicyclic) bond motifs is 1. The number of hydrogen-bond acceptors (Lipinski definition) is 4. The summed E-state index contributed by atoms with van der Waals surface area (Å²) >= 11 is 0. The molecule has 6 rings (SSSR count). The van der Waals surface area contributed by atoms with Gasteiger partial charge in [0.05, 0.1) is 6.54 Å². The Labute approximate surface area is 214 Å². The Hall–Kier alpha value is -3.15. The minimum atomic E-state index is 0.286. The molecule has 3 aromatic rings. The summed E-state index contributed by atoms with van der Waals surface area (Å²) in [7, 11) is 0. The molecule has 1 aliphatic carbocycles. The van der Waals surface area contributed by atoms with E-state index in [2.05, 4.69) is 57.2 Å². The molecular weight excluding hydrogens is 446 g/mol. The molecule has 2 aliphatic heterocycles. The second-order valence-electron chi connectivity index (χ2n) is 10.6. The lowest BCUT2D eigenvalue weighted by Gasteiger charge is -2.43. The highest BCUT2D eigenvalue weighted by atomic mass is 16.3. The lowest BCUT2D eigenvalue weighted by Crippen LogP contribution is -2.55. The minimum Gasteiger partial charge on any atom is -0.508 e. The van der Waals surface area contributed by atoms with Gasteiger partial charge in [-0.1, -0.05) is 61.0 Å². The number of benzene rings is 3. The van der Waals surface area contributed by atoms with Gasteiger partial charge in [-0.15, -0.1) is 0 Å². The number of hydrogen-bond donors (Lipinski definition) is 1. The molecule has 1 N–H and O–H groups in total. The first-order valence-corrected chi connectivity index (χ1v) is 13.4. The monoisotopic (exact) mass is 481 g/mol. The van der Waals surface area contributed by atoms with Crippen LogP contribution in [0.25, 0.3) is 22.3 Å².